The third-order valence-corrected chi connectivity index (χ3v) is 4.26. The highest BCUT2D eigenvalue weighted by Crippen LogP contribution is 2.34. The SMILES string of the molecule is CC(C)(NS(=O)(=O)c1ccccc1C(F)(F)F)C(=N)N. The van der Waals surface area contributed by atoms with E-state index in [0.29, 0.717) is 6.07 Å². The molecule has 4 N–H and O–H groups in total. The molecule has 0 radical (unpaired) electrons. The lowest BCUT2D eigenvalue weighted by atomic mass is 10.1. The number of nitrogens with two attached hydrogens (primary N) is 1. The van der Waals surface area contributed by atoms with E-state index in [1.54, 1.807) is 0 Å². The molecule has 9 heteroatoms. The Hall–Kier alpha value is -1.61. The highest BCUT2D eigenvalue weighted by atomic mass is 32.2. The van der Waals surface area contributed by atoms with Crippen LogP contribution in [0.2, 0.25) is 0 Å². The second-order valence-corrected chi connectivity index (χ2v) is 6.29. The number of alkyl halides is 3. The van der Waals surface area contributed by atoms with Crippen LogP contribution in [0.4, 0.5) is 13.2 Å². The van der Waals surface area contributed by atoms with Crippen LogP contribution in [-0.4, -0.2) is 19.8 Å². The van der Waals surface area contributed by atoms with E-state index in [9.17, 15) is 21.6 Å². The summed E-state index contributed by atoms with van der Waals surface area (Å²) in [6, 6.07) is 3.80. The Kier molecular flexibility index (Phi) is 4.16. The molecule has 0 spiro atoms. The standard InChI is InChI=1S/C11H14F3N3O2S/c1-10(2,9(15)16)17-20(18,19)8-6-4-3-5-7(8)11(12,13)14/h3-6,17H,1-2H3,(H3,15,16). The Morgan fingerprint density at radius 2 is 1.75 bits per heavy atom. The number of hydrogen-bond acceptors (Lipinski definition) is 3. The van der Waals surface area contributed by atoms with Gasteiger partial charge in [0.15, 0.2) is 0 Å². The van der Waals surface area contributed by atoms with Gasteiger partial charge in [-0.3, -0.25) is 5.41 Å². The molecular formula is C11H14F3N3O2S. The molecule has 0 unspecified atom stereocenters. The zero-order valence-electron chi connectivity index (χ0n) is 10.7. The van der Waals surface area contributed by atoms with Gasteiger partial charge in [-0.05, 0) is 26.0 Å². The van der Waals surface area contributed by atoms with Crippen molar-refractivity contribution in [3.05, 3.63) is 29.8 Å². The van der Waals surface area contributed by atoms with Crippen molar-refractivity contribution in [2.75, 3.05) is 0 Å². The Morgan fingerprint density at radius 3 is 2.20 bits per heavy atom. The van der Waals surface area contributed by atoms with Gasteiger partial charge in [0.1, 0.15) is 5.84 Å². The first kappa shape index (κ1) is 16.4. The predicted octanol–water partition coefficient (Wildman–Crippen LogP) is 1.70. The predicted molar refractivity (Wildman–Crippen MR) is 67.8 cm³/mol. The topological polar surface area (TPSA) is 96.0 Å². The first-order chi connectivity index (χ1) is 8.88. The molecule has 1 aromatic rings. The molecule has 5 nitrogen and oxygen atoms in total. The lowest BCUT2D eigenvalue weighted by molar-refractivity contribution is -0.139. The van der Waals surface area contributed by atoms with Crippen LogP contribution in [0.15, 0.2) is 29.2 Å². The van der Waals surface area contributed by atoms with Crippen molar-refractivity contribution >= 4 is 15.9 Å². The van der Waals surface area contributed by atoms with Gasteiger partial charge in [0.25, 0.3) is 0 Å². The summed E-state index contributed by atoms with van der Waals surface area (Å²) in [4.78, 5) is -0.901. The van der Waals surface area contributed by atoms with Gasteiger partial charge in [-0.2, -0.15) is 17.9 Å². The van der Waals surface area contributed by atoms with E-state index >= 15 is 0 Å². The lowest BCUT2D eigenvalue weighted by Crippen LogP contribution is -2.52. The summed E-state index contributed by atoms with van der Waals surface area (Å²) in [7, 11) is -4.47. The molecule has 1 rings (SSSR count). The van der Waals surface area contributed by atoms with E-state index in [4.69, 9.17) is 11.1 Å². The Bertz CT molecular complexity index is 624. The molecule has 0 saturated heterocycles. The fourth-order valence-corrected chi connectivity index (χ4v) is 3.00. The molecule has 0 heterocycles. The van der Waals surface area contributed by atoms with E-state index in [1.807, 2.05) is 4.72 Å². The fraction of sp³-hybridized carbons (Fsp3) is 0.364. The zero-order valence-corrected chi connectivity index (χ0v) is 11.6. The lowest BCUT2D eigenvalue weighted by Gasteiger charge is -2.25. The van der Waals surface area contributed by atoms with Gasteiger partial charge in [0.05, 0.1) is 16.0 Å². The number of hydrogen-bond donors (Lipinski definition) is 3. The van der Waals surface area contributed by atoms with Gasteiger partial charge in [-0.15, -0.1) is 0 Å². The molecule has 0 aromatic heterocycles. The third kappa shape index (κ3) is 3.48. The molecule has 0 saturated carbocycles. The van der Waals surface area contributed by atoms with Crippen molar-refractivity contribution in [3.63, 3.8) is 0 Å². The first-order valence-electron chi connectivity index (χ1n) is 5.42. The monoisotopic (exact) mass is 309 g/mol. The molecule has 0 atom stereocenters. The van der Waals surface area contributed by atoms with E-state index in [0.717, 1.165) is 12.1 Å². The highest BCUT2D eigenvalue weighted by molar-refractivity contribution is 7.89. The maximum absolute atomic E-state index is 12.8. The number of halogens is 3. The van der Waals surface area contributed by atoms with Gasteiger partial charge in [0, 0.05) is 0 Å². The van der Waals surface area contributed by atoms with Crippen molar-refractivity contribution in [3.8, 4) is 0 Å². The molecule has 112 valence electrons. The molecular weight excluding hydrogens is 295 g/mol. The van der Waals surface area contributed by atoms with Crippen LogP contribution in [0.3, 0.4) is 0 Å². The number of rotatable bonds is 4. The first-order valence-corrected chi connectivity index (χ1v) is 6.91. The van der Waals surface area contributed by atoms with Gasteiger partial charge >= 0.3 is 6.18 Å². The average molecular weight is 309 g/mol. The van der Waals surface area contributed by atoms with Gasteiger partial charge in [0.2, 0.25) is 10.0 Å². The van der Waals surface area contributed by atoms with Crippen molar-refractivity contribution in [2.24, 2.45) is 5.73 Å². The molecule has 1 aromatic carbocycles. The van der Waals surface area contributed by atoms with Crippen molar-refractivity contribution < 1.29 is 21.6 Å². The van der Waals surface area contributed by atoms with E-state index in [-0.39, 0.29) is 0 Å². The summed E-state index contributed by atoms with van der Waals surface area (Å²) in [5, 5.41) is 7.24. The summed E-state index contributed by atoms with van der Waals surface area (Å²) >= 11 is 0. The van der Waals surface area contributed by atoms with E-state index in [1.165, 1.54) is 19.9 Å². The van der Waals surface area contributed by atoms with Crippen molar-refractivity contribution in [1.82, 2.24) is 4.72 Å². The van der Waals surface area contributed by atoms with E-state index in [2.05, 4.69) is 0 Å². The van der Waals surface area contributed by atoms with Crippen molar-refractivity contribution in [2.45, 2.75) is 30.5 Å². The summed E-state index contributed by atoms with van der Waals surface area (Å²) < 4.78 is 64.5. The number of nitrogens with one attached hydrogen (secondary N) is 2. The minimum Gasteiger partial charge on any atom is -0.386 e. The summed E-state index contributed by atoms with van der Waals surface area (Å²) in [6.45, 7) is 2.56. The number of sulfonamides is 1. The van der Waals surface area contributed by atoms with Crippen LogP contribution in [0.5, 0.6) is 0 Å². The third-order valence-electron chi connectivity index (χ3n) is 2.54. The summed E-state index contributed by atoms with van der Waals surface area (Å²) in [5.41, 5.74) is 2.45. The highest BCUT2D eigenvalue weighted by Gasteiger charge is 2.38. The normalized spacial score (nSPS) is 13.2. The maximum Gasteiger partial charge on any atom is 0.417 e. The fourth-order valence-electron chi connectivity index (χ4n) is 1.38. The van der Waals surface area contributed by atoms with Gasteiger partial charge in [-0.25, -0.2) is 8.42 Å². The van der Waals surface area contributed by atoms with E-state index < -0.39 is 38.0 Å². The molecule has 0 fully saturated rings. The number of amidine groups is 1. The van der Waals surface area contributed by atoms with Gasteiger partial charge < -0.3 is 5.73 Å². The molecule has 0 aliphatic carbocycles. The largest absolute Gasteiger partial charge is 0.417 e. The molecule has 0 aliphatic heterocycles. The Balaban J connectivity index is 3.35. The summed E-state index contributed by atoms with van der Waals surface area (Å²) in [5.74, 6) is -0.509. The zero-order chi connectivity index (χ0) is 15.8. The number of benzene rings is 1. The second-order valence-electron chi connectivity index (χ2n) is 4.64. The quantitative estimate of drug-likeness (QED) is 0.583. The summed E-state index contributed by atoms with van der Waals surface area (Å²) in [6.07, 6.45) is -4.80. The minimum absolute atomic E-state index is 0.509. The minimum atomic E-state index is -4.80. The van der Waals surface area contributed by atoms with Crippen LogP contribution < -0.4 is 10.5 Å². The van der Waals surface area contributed by atoms with Crippen LogP contribution >= 0.6 is 0 Å². The molecule has 0 aliphatic rings. The van der Waals surface area contributed by atoms with Crippen LogP contribution in [0.25, 0.3) is 0 Å². The van der Waals surface area contributed by atoms with Crippen molar-refractivity contribution in [1.29, 1.82) is 5.41 Å². The van der Waals surface area contributed by atoms with Gasteiger partial charge in [-0.1, -0.05) is 12.1 Å². The van der Waals surface area contributed by atoms with Crippen LogP contribution in [0, 0.1) is 5.41 Å². The maximum atomic E-state index is 12.8. The molecule has 20 heavy (non-hydrogen) atoms. The van der Waals surface area contributed by atoms with Crippen LogP contribution in [-0.2, 0) is 16.2 Å². The van der Waals surface area contributed by atoms with Crippen LogP contribution in [0.1, 0.15) is 19.4 Å². The Morgan fingerprint density at radius 1 is 1.25 bits per heavy atom. The smallest absolute Gasteiger partial charge is 0.386 e. The molecule has 0 amide bonds. The Labute approximate surface area is 114 Å². The second kappa shape index (κ2) is 5.06. The molecule has 0 bridgehead atoms. The average Bonchev–Trinajstić information content (AvgIpc) is 2.26.